The van der Waals surface area contributed by atoms with Crippen molar-refractivity contribution in [2.75, 3.05) is 0 Å². The third-order valence-electron chi connectivity index (χ3n) is 20.8. The van der Waals surface area contributed by atoms with Crippen LogP contribution in [0.15, 0.2) is 218 Å². The number of benzene rings is 11. The molecule has 508 valence electrons. The maximum Gasteiger partial charge on any atom is -0.00606 e. The highest BCUT2D eigenvalue weighted by atomic mass is 14.4. The summed E-state index contributed by atoms with van der Waals surface area (Å²) in [5, 5.41) is 0. The third kappa shape index (κ3) is 14.7. The normalized spacial score (nSPS) is 12.8. The summed E-state index contributed by atoms with van der Waals surface area (Å²) in [5.74, 6) is 0.327. The summed E-state index contributed by atoms with van der Waals surface area (Å²) in [4.78, 5) is 0. The van der Waals surface area contributed by atoms with Crippen molar-refractivity contribution in [1.82, 2.24) is 0 Å². The minimum atomic E-state index is -0.132. The molecule has 0 aliphatic carbocycles. The van der Waals surface area contributed by atoms with Crippen molar-refractivity contribution in [3.05, 3.63) is 274 Å². The fraction of sp³-hybridized carbons (Fsp3) is 0.333. The Balaban J connectivity index is 1.43. The summed E-state index contributed by atoms with van der Waals surface area (Å²) in [6.07, 6.45) is 0. The molecular weight excluding hydrogens is 1190 g/mol. The minimum absolute atomic E-state index is 0.0853. The lowest BCUT2D eigenvalue weighted by atomic mass is 9.73. The molecule has 0 spiro atoms. The molecule has 0 aromatic heterocycles. The van der Waals surface area contributed by atoms with Gasteiger partial charge in [-0.2, -0.15) is 0 Å². The molecule has 11 rings (SSSR count). The molecule has 0 atom stereocenters. The van der Waals surface area contributed by atoms with Crippen LogP contribution in [0.5, 0.6) is 0 Å². The van der Waals surface area contributed by atoms with Crippen LogP contribution in [0.2, 0.25) is 0 Å². The van der Waals surface area contributed by atoms with E-state index in [-0.39, 0.29) is 37.9 Å². The molecule has 11 aromatic carbocycles. The smallest absolute Gasteiger partial charge is 0.00606 e. The van der Waals surface area contributed by atoms with Gasteiger partial charge in [0.2, 0.25) is 0 Å². The first-order valence-corrected chi connectivity index (χ1v) is 36.6. The Bertz CT molecular complexity index is 4650. The molecule has 0 saturated carbocycles. The second-order valence-electron chi connectivity index (χ2n) is 36.2. The van der Waals surface area contributed by atoms with Gasteiger partial charge < -0.3 is 0 Å². The van der Waals surface area contributed by atoms with E-state index in [1.54, 1.807) is 0 Å². The van der Waals surface area contributed by atoms with E-state index in [2.05, 4.69) is 391 Å². The maximum atomic E-state index is 2.56. The van der Waals surface area contributed by atoms with Crippen LogP contribution in [0.3, 0.4) is 0 Å². The highest BCUT2D eigenvalue weighted by Gasteiger charge is 2.32. The predicted octanol–water partition coefficient (Wildman–Crippen LogP) is 29.2. The highest BCUT2D eigenvalue weighted by Crippen LogP contribution is 2.55. The average molecular weight is 1300 g/mol. The van der Waals surface area contributed by atoms with Crippen LogP contribution in [-0.2, 0) is 37.9 Å². The average Bonchev–Trinajstić information content (AvgIpc) is 0.726. The summed E-state index contributed by atoms with van der Waals surface area (Å²) >= 11 is 0. The third-order valence-corrected chi connectivity index (χ3v) is 20.8. The van der Waals surface area contributed by atoms with Gasteiger partial charge >= 0.3 is 0 Å². The van der Waals surface area contributed by atoms with E-state index in [4.69, 9.17) is 0 Å². The zero-order valence-corrected chi connectivity index (χ0v) is 64.9. The number of hydrogen-bond acceptors (Lipinski definition) is 0. The molecule has 0 saturated heterocycles. The van der Waals surface area contributed by atoms with Crippen molar-refractivity contribution >= 4 is 0 Å². The Morgan fingerprint density at radius 1 is 0.202 bits per heavy atom. The topological polar surface area (TPSA) is 0 Å². The van der Waals surface area contributed by atoms with Crippen LogP contribution < -0.4 is 0 Å². The van der Waals surface area contributed by atoms with Gasteiger partial charge in [-0.05, 0) is 261 Å². The Morgan fingerprint density at radius 3 is 0.687 bits per heavy atom. The van der Waals surface area contributed by atoms with E-state index < -0.39 is 0 Å². The van der Waals surface area contributed by atoms with Crippen molar-refractivity contribution in [3.8, 4) is 111 Å². The molecule has 0 N–H and O–H groups in total. The van der Waals surface area contributed by atoms with Gasteiger partial charge in [0.25, 0.3) is 0 Å². The molecular formula is C99H112. The molecule has 0 aliphatic heterocycles. The quantitative estimate of drug-likeness (QED) is 0.121. The predicted molar refractivity (Wildman–Crippen MR) is 435 cm³/mol. The standard InChI is InChI=1S/C99H112/c1-62(2)65-50-70(58-74(57-65)93(5,6)7)77-38-26-28-44-83(77)91-63(3)90(73-55-68(81-42-32-36-48-87(81)98(20,21)22)52-69(56-73)82-43-33-37-49-88(82)99(23,24)25)92(84-45-29-27-39-78(84)71-59-75(94(8,9)10)61-76(60-71)95(11,12)13)64(4)89(91)72-53-66(79-40-30-34-46-85(79)96(14,15)16)51-67(54-72)80-41-31-35-47-86(80)97(17,18)19/h26-62H,1-25H3. The van der Waals surface area contributed by atoms with Gasteiger partial charge in [0.05, 0.1) is 0 Å². The van der Waals surface area contributed by atoms with Gasteiger partial charge in [-0.25, -0.2) is 0 Å². The van der Waals surface area contributed by atoms with Crippen LogP contribution in [0.25, 0.3) is 111 Å². The van der Waals surface area contributed by atoms with Crippen molar-refractivity contribution < 1.29 is 0 Å². The monoisotopic (exact) mass is 1300 g/mol. The van der Waals surface area contributed by atoms with Gasteiger partial charge in [-0.1, -0.05) is 341 Å². The number of hydrogen-bond donors (Lipinski definition) is 0. The van der Waals surface area contributed by atoms with Crippen molar-refractivity contribution in [3.63, 3.8) is 0 Å². The van der Waals surface area contributed by atoms with Gasteiger partial charge in [-0.15, -0.1) is 0 Å². The second kappa shape index (κ2) is 26.5. The van der Waals surface area contributed by atoms with Crippen molar-refractivity contribution in [1.29, 1.82) is 0 Å². The lowest BCUT2D eigenvalue weighted by molar-refractivity contribution is 0.569. The highest BCUT2D eigenvalue weighted by molar-refractivity contribution is 6.07. The van der Waals surface area contributed by atoms with Crippen LogP contribution in [0, 0.1) is 13.8 Å². The molecule has 99 heavy (non-hydrogen) atoms. The lowest BCUT2D eigenvalue weighted by Gasteiger charge is -2.30. The SMILES string of the molecule is Cc1c(-c2cc(-c3ccccc3C(C)(C)C)cc(-c3ccccc3C(C)(C)C)c2)c(-c2ccccc2-c2cc(C(C)(C)C)cc(C(C)(C)C)c2)c(C)c(-c2cc(-c3ccccc3C(C)(C)C)cc(-c3ccccc3C(C)(C)C)c2)c1-c1ccccc1-c1cc(C(C)C)cc(C(C)(C)C)c1. The zero-order chi connectivity index (χ0) is 71.9. The molecule has 11 aromatic rings. The molecule has 0 heteroatoms. The van der Waals surface area contributed by atoms with E-state index in [1.807, 2.05) is 0 Å². The maximum absolute atomic E-state index is 2.56. The Labute approximate surface area is 598 Å². The van der Waals surface area contributed by atoms with Crippen LogP contribution >= 0.6 is 0 Å². The first kappa shape index (κ1) is 71.7. The second-order valence-corrected chi connectivity index (χ2v) is 36.2. The van der Waals surface area contributed by atoms with Gasteiger partial charge in [0.1, 0.15) is 0 Å². The Hall–Kier alpha value is -8.58. The summed E-state index contributed by atoms with van der Waals surface area (Å²) in [6.45, 7) is 59.3. The van der Waals surface area contributed by atoms with Crippen molar-refractivity contribution in [2.24, 2.45) is 0 Å². The van der Waals surface area contributed by atoms with E-state index >= 15 is 0 Å². The first-order valence-electron chi connectivity index (χ1n) is 36.6. The molecule has 0 amide bonds. The van der Waals surface area contributed by atoms with Crippen molar-refractivity contribution in [2.45, 2.75) is 217 Å². The first-order chi connectivity index (χ1) is 46.2. The molecule has 0 fully saturated rings. The molecule has 0 aliphatic rings. The van der Waals surface area contributed by atoms with Gasteiger partial charge in [-0.3, -0.25) is 0 Å². The van der Waals surface area contributed by atoms with E-state index in [9.17, 15) is 0 Å². The fourth-order valence-electron chi connectivity index (χ4n) is 15.2. The van der Waals surface area contributed by atoms with E-state index in [1.165, 1.54) is 167 Å². The van der Waals surface area contributed by atoms with E-state index in [0.717, 1.165) is 0 Å². The van der Waals surface area contributed by atoms with Gasteiger partial charge in [0.15, 0.2) is 0 Å². The van der Waals surface area contributed by atoms with Crippen LogP contribution in [0.4, 0.5) is 0 Å². The van der Waals surface area contributed by atoms with E-state index in [0.29, 0.717) is 5.92 Å². The zero-order valence-electron chi connectivity index (χ0n) is 64.9. The lowest BCUT2D eigenvalue weighted by Crippen LogP contribution is -2.16. The summed E-state index contributed by atoms with van der Waals surface area (Å²) in [7, 11) is 0. The molecule has 0 radical (unpaired) electrons. The molecule has 0 nitrogen and oxygen atoms in total. The molecule has 0 unspecified atom stereocenters. The van der Waals surface area contributed by atoms with Gasteiger partial charge in [0, 0.05) is 0 Å². The largest absolute Gasteiger partial charge is 0.0619 e. The van der Waals surface area contributed by atoms with Crippen LogP contribution in [0.1, 0.15) is 221 Å². The summed E-state index contributed by atoms with van der Waals surface area (Å²) in [6, 6.07) is 85.7. The van der Waals surface area contributed by atoms with Crippen LogP contribution in [-0.4, -0.2) is 0 Å². The summed E-state index contributed by atoms with van der Waals surface area (Å²) in [5.41, 5.74) is 36.8. The molecule has 0 bridgehead atoms. The molecule has 0 heterocycles. The summed E-state index contributed by atoms with van der Waals surface area (Å²) < 4.78 is 0. The Kier molecular flexibility index (Phi) is 19.2. The Morgan fingerprint density at radius 2 is 0.424 bits per heavy atom. The minimum Gasteiger partial charge on any atom is -0.0619 e. The number of rotatable bonds is 11. The fourth-order valence-corrected chi connectivity index (χ4v) is 15.2.